The summed E-state index contributed by atoms with van der Waals surface area (Å²) in [6.45, 7) is 3.83. The van der Waals surface area contributed by atoms with Crippen LogP contribution in [0.1, 0.15) is 44.6 Å². The molecular weight excluding hydrogens is 250 g/mol. The zero-order valence-corrected chi connectivity index (χ0v) is 12.5. The molecule has 1 aromatic rings. The van der Waals surface area contributed by atoms with E-state index < -0.39 is 0 Å². The smallest absolute Gasteiger partial charge is 0.119 e. The van der Waals surface area contributed by atoms with Gasteiger partial charge in [0.15, 0.2) is 0 Å². The van der Waals surface area contributed by atoms with Crippen molar-refractivity contribution in [2.24, 2.45) is 5.73 Å². The Labute approximate surface area is 122 Å². The number of nitrogens with two attached hydrogens (primary N) is 1. The molecular formula is C17H27NO2. The highest BCUT2D eigenvalue weighted by molar-refractivity contribution is 5.27. The van der Waals surface area contributed by atoms with E-state index in [2.05, 4.69) is 31.2 Å². The van der Waals surface area contributed by atoms with Gasteiger partial charge in [-0.3, -0.25) is 0 Å². The lowest BCUT2D eigenvalue weighted by atomic mass is 10.0. The van der Waals surface area contributed by atoms with E-state index in [0.717, 1.165) is 38.2 Å². The van der Waals surface area contributed by atoms with Gasteiger partial charge < -0.3 is 15.2 Å². The van der Waals surface area contributed by atoms with Crippen molar-refractivity contribution in [3.8, 4) is 5.75 Å². The van der Waals surface area contributed by atoms with Crippen LogP contribution in [-0.4, -0.2) is 25.4 Å². The summed E-state index contributed by atoms with van der Waals surface area (Å²) in [5.74, 6) is 0.960. The van der Waals surface area contributed by atoms with Gasteiger partial charge in [0.05, 0.1) is 12.7 Å². The maximum absolute atomic E-state index is 6.01. The molecule has 2 N–H and O–H groups in total. The molecule has 0 saturated carbocycles. The zero-order chi connectivity index (χ0) is 14.2. The second-order valence-corrected chi connectivity index (χ2v) is 5.62. The molecule has 2 rings (SSSR count). The molecule has 1 aliphatic rings. The molecule has 1 saturated heterocycles. The Morgan fingerprint density at radius 3 is 2.65 bits per heavy atom. The van der Waals surface area contributed by atoms with E-state index in [4.69, 9.17) is 15.2 Å². The zero-order valence-electron chi connectivity index (χ0n) is 12.5. The van der Waals surface area contributed by atoms with Gasteiger partial charge in [0.25, 0.3) is 0 Å². The fraction of sp³-hybridized carbons (Fsp3) is 0.647. The first kappa shape index (κ1) is 15.3. The van der Waals surface area contributed by atoms with Crippen LogP contribution in [0.15, 0.2) is 24.3 Å². The Morgan fingerprint density at radius 1 is 1.20 bits per heavy atom. The van der Waals surface area contributed by atoms with Gasteiger partial charge in [-0.2, -0.15) is 0 Å². The van der Waals surface area contributed by atoms with Gasteiger partial charge >= 0.3 is 0 Å². The van der Waals surface area contributed by atoms with Crippen LogP contribution < -0.4 is 10.5 Å². The molecule has 0 radical (unpaired) electrons. The van der Waals surface area contributed by atoms with Gasteiger partial charge in [-0.25, -0.2) is 0 Å². The SMILES string of the molecule is CCCCCCOc1ccc(C[C@H]2OCCC2N)cc1. The largest absolute Gasteiger partial charge is 0.494 e. The minimum atomic E-state index is 0.177. The molecule has 20 heavy (non-hydrogen) atoms. The van der Waals surface area contributed by atoms with Crippen LogP contribution in [0, 0.1) is 0 Å². The highest BCUT2D eigenvalue weighted by Crippen LogP contribution is 2.19. The third kappa shape index (κ3) is 4.80. The van der Waals surface area contributed by atoms with Crippen LogP contribution in [0.4, 0.5) is 0 Å². The second-order valence-electron chi connectivity index (χ2n) is 5.62. The van der Waals surface area contributed by atoms with Crippen LogP contribution >= 0.6 is 0 Å². The molecule has 0 amide bonds. The standard InChI is InChI=1S/C17H27NO2/c1-2-3-4-5-11-19-15-8-6-14(7-9-15)13-17-16(18)10-12-20-17/h6-9,16-17H,2-5,10-13,18H2,1H3/t16?,17-/m1/s1. The van der Waals surface area contributed by atoms with Crippen molar-refractivity contribution < 1.29 is 9.47 Å². The summed E-state index contributed by atoms with van der Waals surface area (Å²) in [6, 6.07) is 8.53. The number of hydrogen-bond donors (Lipinski definition) is 1. The second kappa shape index (κ2) is 8.28. The van der Waals surface area contributed by atoms with E-state index in [9.17, 15) is 0 Å². The molecule has 3 heteroatoms. The lowest BCUT2D eigenvalue weighted by Gasteiger charge is -2.14. The molecule has 1 fully saturated rings. The van der Waals surface area contributed by atoms with Crippen molar-refractivity contribution in [3.63, 3.8) is 0 Å². The van der Waals surface area contributed by atoms with Crippen molar-refractivity contribution in [2.75, 3.05) is 13.2 Å². The first-order valence-corrected chi connectivity index (χ1v) is 7.88. The van der Waals surface area contributed by atoms with Crippen molar-refractivity contribution in [1.82, 2.24) is 0 Å². The predicted octanol–water partition coefficient (Wildman–Crippen LogP) is 3.30. The summed E-state index contributed by atoms with van der Waals surface area (Å²) in [4.78, 5) is 0. The normalized spacial score (nSPS) is 22.1. The number of rotatable bonds is 8. The Bertz CT molecular complexity index is 377. The topological polar surface area (TPSA) is 44.5 Å². The van der Waals surface area contributed by atoms with Crippen molar-refractivity contribution in [2.45, 2.75) is 57.6 Å². The van der Waals surface area contributed by atoms with E-state index in [-0.39, 0.29) is 12.1 Å². The van der Waals surface area contributed by atoms with E-state index in [1.165, 1.54) is 24.8 Å². The number of benzene rings is 1. The van der Waals surface area contributed by atoms with Crippen LogP contribution in [0.3, 0.4) is 0 Å². The van der Waals surface area contributed by atoms with Crippen molar-refractivity contribution in [1.29, 1.82) is 0 Å². The summed E-state index contributed by atoms with van der Waals surface area (Å²) < 4.78 is 11.4. The molecule has 1 aliphatic heterocycles. The Hall–Kier alpha value is -1.06. The monoisotopic (exact) mass is 277 g/mol. The van der Waals surface area contributed by atoms with Gasteiger partial charge in [0.2, 0.25) is 0 Å². The highest BCUT2D eigenvalue weighted by Gasteiger charge is 2.24. The highest BCUT2D eigenvalue weighted by atomic mass is 16.5. The molecule has 1 unspecified atom stereocenters. The van der Waals surface area contributed by atoms with Gasteiger partial charge in [-0.05, 0) is 30.5 Å². The van der Waals surface area contributed by atoms with Gasteiger partial charge in [-0.15, -0.1) is 0 Å². The summed E-state index contributed by atoms with van der Waals surface area (Å²) in [5, 5.41) is 0. The van der Waals surface area contributed by atoms with E-state index in [1.807, 2.05) is 0 Å². The number of unbranched alkanes of at least 4 members (excludes halogenated alkanes) is 3. The molecule has 0 spiro atoms. The Kier molecular flexibility index (Phi) is 6.34. The minimum Gasteiger partial charge on any atom is -0.494 e. The first-order chi connectivity index (χ1) is 9.79. The molecule has 3 nitrogen and oxygen atoms in total. The van der Waals surface area contributed by atoms with Crippen molar-refractivity contribution >= 4 is 0 Å². The number of ether oxygens (including phenoxy) is 2. The van der Waals surface area contributed by atoms with E-state index >= 15 is 0 Å². The third-order valence-electron chi connectivity index (χ3n) is 3.89. The van der Waals surface area contributed by atoms with Crippen LogP contribution in [0.5, 0.6) is 5.75 Å². The van der Waals surface area contributed by atoms with Crippen LogP contribution in [0.2, 0.25) is 0 Å². The van der Waals surface area contributed by atoms with Crippen LogP contribution in [0.25, 0.3) is 0 Å². The molecule has 1 heterocycles. The van der Waals surface area contributed by atoms with Crippen molar-refractivity contribution in [3.05, 3.63) is 29.8 Å². The number of hydrogen-bond acceptors (Lipinski definition) is 3. The molecule has 1 aromatic carbocycles. The van der Waals surface area contributed by atoms with E-state index in [0.29, 0.717) is 0 Å². The van der Waals surface area contributed by atoms with E-state index in [1.54, 1.807) is 0 Å². The molecule has 2 atom stereocenters. The molecule has 0 aliphatic carbocycles. The molecule has 112 valence electrons. The lowest BCUT2D eigenvalue weighted by Crippen LogP contribution is -2.31. The fourth-order valence-electron chi connectivity index (χ4n) is 2.55. The minimum absolute atomic E-state index is 0.177. The summed E-state index contributed by atoms with van der Waals surface area (Å²) in [5.41, 5.74) is 7.28. The summed E-state index contributed by atoms with van der Waals surface area (Å²) >= 11 is 0. The predicted molar refractivity (Wildman–Crippen MR) is 82.1 cm³/mol. The summed E-state index contributed by atoms with van der Waals surface area (Å²) in [7, 11) is 0. The average Bonchev–Trinajstić information content (AvgIpc) is 2.86. The molecule has 0 aromatic heterocycles. The average molecular weight is 277 g/mol. The lowest BCUT2D eigenvalue weighted by molar-refractivity contribution is 0.105. The van der Waals surface area contributed by atoms with Gasteiger partial charge in [0, 0.05) is 19.1 Å². The Morgan fingerprint density at radius 2 is 2.00 bits per heavy atom. The summed E-state index contributed by atoms with van der Waals surface area (Å²) in [6.07, 6.45) is 7.01. The van der Waals surface area contributed by atoms with Gasteiger partial charge in [-0.1, -0.05) is 38.3 Å². The molecule has 0 bridgehead atoms. The maximum Gasteiger partial charge on any atom is 0.119 e. The van der Waals surface area contributed by atoms with Gasteiger partial charge in [0.1, 0.15) is 5.75 Å². The maximum atomic E-state index is 6.01. The van der Waals surface area contributed by atoms with Crippen LogP contribution in [-0.2, 0) is 11.2 Å². The quantitative estimate of drug-likeness (QED) is 0.741. The first-order valence-electron chi connectivity index (χ1n) is 7.88. The Balaban J connectivity index is 1.72. The fourth-order valence-corrected chi connectivity index (χ4v) is 2.55. The third-order valence-corrected chi connectivity index (χ3v) is 3.89.